The second kappa shape index (κ2) is 4.16. The Morgan fingerprint density at radius 1 is 1.53 bits per heavy atom. The molecule has 6 heteroatoms. The van der Waals surface area contributed by atoms with Gasteiger partial charge in [-0.15, -0.1) is 0 Å². The molecule has 1 aliphatic rings. The largest absolute Gasteiger partial charge is 0.477 e. The Labute approximate surface area is 91.3 Å². The number of anilines is 1. The molecule has 0 amide bonds. The maximum absolute atomic E-state index is 11.0. The number of nitrogens with zero attached hydrogens (tertiary/aromatic N) is 1. The summed E-state index contributed by atoms with van der Waals surface area (Å²) in [6.45, 7) is 1.84. The number of aromatic carboxylic acids is 1. The van der Waals surface area contributed by atoms with E-state index in [2.05, 4.69) is 10.3 Å². The van der Waals surface area contributed by atoms with Crippen LogP contribution in [0, 0.1) is 0 Å². The van der Waals surface area contributed by atoms with Crippen LogP contribution in [0.5, 0.6) is 0 Å². The topological polar surface area (TPSA) is 88.2 Å². The maximum atomic E-state index is 11.0. The van der Waals surface area contributed by atoms with E-state index < -0.39 is 5.97 Å². The van der Waals surface area contributed by atoms with Crippen molar-refractivity contribution in [3.63, 3.8) is 0 Å². The van der Waals surface area contributed by atoms with Gasteiger partial charge < -0.3 is 16.2 Å². The third-order valence-corrected chi connectivity index (χ3v) is 3.48. The zero-order valence-corrected chi connectivity index (χ0v) is 9.01. The van der Waals surface area contributed by atoms with Crippen molar-refractivity contribution in [2.24, 2.45) is 0 Å². The first-order chi connectivity index (χ1) is 7.18. The van der Waals surface area contributed by atoms with E-state index in [0.29, 0.717) is 15.7 Å². The number of hydrogen-bond donors (Lipinski definition) is 3. The van der Waals surface area contributed by atoms with E-state index >= 15 is 0 Å². The molecular formula is C9H13N3O2S. The van der Waals surface area contributed by atoms with E-state index in [0.717, 1.165) is 37.3 Å². The molecule has 1 aliphatic heterocycles. The molecule has 5 nitrogen and oxygen atoms in total. The second-order valence-corrected chi connectivity index (χ2v) is 4.63. The summed E-state index contributed by atoms with van der Waals surface area (Å²) in [6.07, 6.45) is 1.87. The number of carboxylic acid groups (broad SMARTS) is 1. The molecule has 15 heavy (non-hydrogen) atoms. The molecule has 1 aromatic rings. The lowest BCUT2D eigenvalue weighted by Crippen LogP contribution is -2.27. The van der Waals surface area contributed by atoms with E-state index in [1.807, 2.05) is 0 Å². The highest BCUT2D eigenvalue weighted by Gasteiger charge is 2.25. The molecule has 0 bridgehead atoms. The summed E-state index contributed by atoms with van der Waals surface area (Å²) in [6, 6.07) is 0. The van der Waals surface area contributed by atoms with Crippen LogP contribution >= 0.6 is 11.3 Å². The highest BCUT2D eigenvalue weighted by molar-refractivity contribution is 7.17. The molecule has 0 atom stereocenters. The van der Waals surface area contributed by atoms with Gasteiger partial charge in [0.05, 0.1) is 5.69 Å². The van der Waals surface area contributed by atoms with Crippen molar-refractivity contribution in [2.45, 2.75) is 18.8 Å². The molecule has 2 rings (SSSR count). The van der Waals surface area contributed by atoms with E-state index in [4.69, 9.17) is 10.8 Å². The van der Waals surface area contributed by atoms with Gasteiger partial charge in [-0.3, -0.25) is 0 Å². The molecule has 1 fully saturated rings. The Morgan fingerprint density at radius 2 is 2.20 bits per heavy atom. The fraction of sp³-hybridized carbons (Fsp3) is 0.556. The lowest BCUT2D eigenvalue weighted by molar-refractivity contribution is 0.0700. The smallest absolute Gasteiger partial charge is 0.347 e. The lowest BCUT2D eigenvalue weighted by Gasteiger charge is -2.21. The van der Waals surface area contributed by atoms with Gasteiger partial charge in [0, 0.05) is 5.92 Å². The molecule has 1 aromatic heterocycles. The maximum Gasteiger partial charge on any atom is 0.347 e. The van der Waals surface area contributed by atoms with Gasteiger partial charge in [-0.25, -0.2) is 9.78 Å². The normalized spacial score (nSPS) is 17.9. The Kier molecular flexibility index (Phi) is 2.88. The molecule has 4 N–H and O–H groups in total. The van der Waals surface area contributed by atoms with Crippen LogP contribution in [0.15, 0.2) is 0 Å². The molecule has 2 heterocycles. The standard InChI is InChI=1S/C9H13N3O2S/c10-9-12-6(7(15-9)8(13)14)5-1-3-11-4-2-5/h5,11H,1-4H2,(H2,10,12)(H,13,14). The number of thiazole rings is 1. The molecule has 1 saturated heterocycles. The SMILES string of the molecule is Nc1nc(C2CCNCC2)c(C(=O)O)s1. The first kappa shape index (κ1) is 10.4. The zero-order valence-electron chi connectivity index (χ0n) is 8.19. The zero-order chi connectivity index (χ0) is 10.8. The monoisotopic (exact) mass is 227 g/mol. The van der Waals surface area contributed by atoms with Gasteiger partial charge in [-0.05, 0) is 25.9 Å². The van der Waals surface area contributed by atoms with Crippen molar-refractivity contribution in [1.82, 2.24) is 10.3 Å². The Balaban J connectivity index is 2.28. The predicted octanol–water partition coefficient (Wildman–Crippen LogP) is 0.891. The molecule has 0 unspecified atom stereocenters. The first-order valence-electron chi connectivity index (χ1n) is 4.88. The predicted molar refractivity (Wildman–Crippen MR) is 58.3 cm³/mol. The van der Waals surface area contributed by atoms with E-state index in [1.165, 1.54) is 0 Å². The lowest BCUT2D eigenvalue weighted by atomic mass is 9.94. The number of hydrogen-bond acceptors (Lipinski definition) is 5. The fourth-order valence-electron chi connectivity index (χ4n) is 1.87. The molecule has 0 aromatic carbocycles. The second-order valence-electron chi connectivity index (χ2n) is 3.60. The molecule has 0 aliphatic carbocycles. The number of nitrogen functional groups attached to an aromatic ring is 1. The van der Waals surface area contributed by atoms with Crippen molar-refractivity contribution in [3.05, 3.63) is 10.6 Å². The van der Waals surface area contributed by atoms with Crippen LogP contribution in [-0.4, -0.2) is 29.1 Å². The summed E-state index contributed by atoms with van der Waals surface area (Å²) in [4.78, 5) is 15.4. The highest BCUT2D eigenvalue weighted by atomic mass is 32.1. The minimum Gasteiger partial charge on any atom is -0.477 e. The molecule has 0 radical (unpaired) electrons. The molecule has 0 spiro atoms. The van der Waals surface area contributed by atoms with Gasteiger partial charge in [0.1, 0.15) is 4.88 Å². The van der Waals surface area contributed by atoms with Gasteiger partial charge in [-0.1, -0.05) is 11.3 Å². The Morgan fingerprint density at radius 3 is 2.80 bits per heavy atom. The first-order valence-corrected chi connectivity index (χ1v) is 5.70. The van der Waals surface area contributed by atoms with Gasteiger partial charge in [0.15, 0.2) is 5.13 Å². The number of carbonyl (C=O) groups is 1. The van der Waals surface area contributed by atoms with Crippen molar-refractivity contribution in [2.75, 3.05) is 18.8 Å². The van der Waals surface area contributed by atoms with Crippen molar-refractivity contribution < 1.29 is 9.90 Å². The fourth-order valence-corrected chi connectivity index (χ4v) is 2.63. The Hall–Kier alpha value is -1.14. The van der Waals surface area contributed by atoms with Crippen LogP contribution in [0.2, 0.25) is 0 Å². The number of nitrogens with one attached hydrogen (secondary N) is 1. The Bertz CT molecular complexity index is 371. The van der Waals surface area contributed by atoms with Crippen LogP contribution in [0.25, 0.3) is 0 Å². The van der Waals surface area contributed by atoms with Crippen LogP contribution < -0.4 is 11.1 Å². The van der Waals surface area contributed by atoms with Gasteiger partial charge in [0.2, 0.25) is 0 Å². The van der Waals surface area contributed by atoms with Crippen molar-refractivity contribution in [3.8, 4) is 0 Å². The van der Waals surface area contributed by atoms with Gasteiger partial charge >= 0.3 is 5.97 Å². The van der Waals surface area contributed by atoms with Crippen LogP contribution in [0.1, 0.15) is 34.1 Å². The summed E-state index contributed by atoms with van der Waals surface area (Å²) in [5.74, 6) is -0.677. The minimum atomic E-state index is -0.919. The van der Waals surface area contributed by atoms with E-state index in [1.54, 1.807) is 0 Å². The average Bonchev–Trinajstić information content (AvgIpc) is 2.62. The highest BCUT2D eigenvalue weighted by Crippen LogP contribution is 2.31. The molecule has 82 valence electrons. The van der Waals surface area contributed by atoms with Gasteiger partial charge in [-0.2, -0.15) is 0 Å². The van der Waals surface area contributed by atoms with E-state index in [-0.39, 0.29) is 5.92 Å². The number of rotatable bonds is 2. The third kappa shape index (κ3) is 2.10. The summed E-state index contributed by atoms with van der Waals surface area (Å²) in [5, 5.41) is 12.6. The quantitative estimate of drug-likeness (QED) is 0.698. The summed E-state index contributed by atoms with van der Waals surface area (Å²) < 4.78 is 0. The third-order valence-electron chi connectivity index (χ3n) is 2.59. The van der Waals surface area contributed by atoms with Crippen molar-refractivity contribution in [1.29, 1.82) is 0 Å². The number of piperidine rings is 1. The van der Waals surface area contributed by atoms with E-state index in [9.17, 15) is 4.79 Å². The van der Waals surface area contributed by atoms with Crippen molar-refractivity contribution >= 4 is 22.4 Å². The average molecular weight is 227 g/mol. The molecule has 0 saturated carbocycles. The number of nitrogens with two attached hydrogens (primary N) is 1. The van der Waals surface area contributed by atoms with Crippen LogP contribution in [0.3, 0.4) is 0 Å². The van der Waals surface area contributed by atoms with Crippen LogP contribution in [0.4, 0.5) is 5.13 Å². The minimum absolute atomic E-state index is 0.242. The summed E-state index contributed by atoms with van der Waals surface area (Å²) in [5.41, 5.74) is 6.23. The van der Waals surface area contributed by atoms with Gasteiger partial charge in [0.25, 0.3) is 0 Å². The number of carboxylic acids is 1. The number of aromatic nitrogens is 1. The summed E-state index contributed by atoms with van der Waals surface area (Å²) in [7, 11) is 0. The molecular weight excluding hydrogens is 214 g/mol. The summed E-state index contributed by atoms with van der Waals surface area (Å²) >= 11 is 1.06. The van der Waals surface area contributed by atoms with Crippen LogP contribution in [-0.2, 0) is 0 Å².